The lowest BCUT2D eigenvalue weighted by Crippen LogP contribution is -2.63. The van der Waals surface area contributed by atoms with Gasteiger partial charge in [0, 0.05) is 27.7 Å². The Kier molecular flexibility index (Phi) is 8.14. The Hall–Kier alpha value is -3.41. The Labute approximate surface area is 176 Å². The molecule has 1 saturated heterocycles. The van der Waals surface area contributed by atoms with Gasteiger partial charge in [0.1, 0.15) is 12.7 Å². The molecule has 0 unspecified atom stereocenters. The smallest absolute Gasteiger partial charge is 0.376 e. The van der Waals surface area contributed by atoms with E-state index in [0.29, 0.717) is 0 Å². The third-order valence-corrected chi connectivity index (χ3v) is 3.89. The number of rotatable bonds is 7. The van der Waals surface area contributed by atoms with Crippen LogP contribution in [0.3, 0.4) is 0 Å². The van der Waals surface area contributed by atoms with Crippen molar-refractivity contribution in [3.63, 3.8) is 0 Å². The zero-order valence-corrected chi connectivity index (χ0v) is 17.2. The largest absolute Gasteiger partial charge is 0.463 e. The fraction of sp³-hybridized carbons (Fsp3) is 0.526. The van der Waals surface area contributed by atoms with Crippen LogP contribution in [0.15, 0.2) is 22.8 Å². The molecule has 1 aliphatic rings. The topological polar surface area (TPSA) is 154 Å². The summed E-state index contributed by atoms with van der Waals surface area (Å²) >= 11 is 0. The zero-order chi connectivity index (χ0) is 23.1. The van der Waals surface area contributed by atoms with Crippen LogP contribution in [-0.2, 0) is 47.6 Å². The first-order valence-electron chi connectivity index (χ1n) is 9.13. The van der Waals surface area contributed by atoms with Gasteiger partial charge in [-0.2, -0.15) is 0 Å². The number of ether oxygens (including phenoxy) is 6. The second kappa shape index (κ2) is 10.6. The molecule has 31 heavy (non-hydrogen) atoms. The Morgan fingerprint density at radius 2 is 1.39 bits per heavy atom. The van der Waals surface area contributed by atoms with Gasteiger partial charge >= 0.3 is 29.8 Å². The Morgan fingerprint density at radius 1 is 0.806 bits per heavy atom. The van der Waals surface area contributed by atoms with E-state index in [1.54, 1.807) is 0 Å². The van der Waals surface area contributed by atoms with E-state index >= 15 is 0 Å². The molecule has 0 N–H and O–H groups in total. The van der Waals surface area contributed by atoms with Gasteiger partial charge in [0.15, 0.2) is 12.2 Å². The molecule has 0 radical (unpaired) electrons. The fourth-order valence-corrected chi connectivity index (χ4v) is 2.84. The van der Waals surface area contributed by atoms with Crippen LogP contribution in [0, 0.1) is 0 Å². The Balaban J connectivity index is 2.41. The van der Waals surface area contributed by atoms with Crippen LogP contribution in [0.2, 0.25) is 0 Å². The van der Waals surface area contributed by atoms with Crippen LogP contribution in [-0.4, -0.2) is 67.2 Å². The van der Waals surface area contributed by atoms with Crippen molar-refractivity contribution in [1.82, 2.24) is 0 Å². The van der Waals surface area contributed by atoms with Crippen molar-refractivity contribution in [2.75, 3.05) is 6.61 Å². The molecule has 170 valence electrons. The van der Waals surface area contributed by atoms with Crippen molar-refractivity contribution in [2.24, 2.45) is 0 Å². The van der Waals surface area contributed by atoms with Crippen LogP contribution in [0.5, 0.6) is 0 Å². The van der Waals surface area contributed by atoms with E-state index in [-0.39, 0.29) is 5.76 Å². The van der Waals surface area contributed by atoms with E-state index < -0.39 is 67.2 Å². The van der Waals surface area contributed by atoms with Crippen LogP contribution >= 0.6 is 0 Å². The Morgan fingerprint density at radius 3 is 1.90 bits per heavy atom. The molecule has 1 aliphatic heterocycles. The summed E-state index contributed by atoms with van der Waals surface area (Å²) in [6.07, 6.45) is -5.88. The molecule has 5 atom stereocenters. The SMILES string of the molecule is CC(=O)OC[C@@H]1O[C@@H](OC(=O)c2ccco2)[C@@H](OC(C)=O)[C@@H](OC(C)=O)[C@@H]1OC(C)=O. The molecule has 0 aromatic carbocycles. The summed E-state index contributed by atoms with van der Waals surface area (Å²) in [7, 11) is 0. The molecule has 1 aromatic heterocycles. The minimum Gasteiger partial charge on any atom is -0.463 e. The van der Waals surface area contributed by atoms with Gasteiger partial charge in [-0.15, -0.1) is 0 Å². The molecule has 1 fully saturated rings. The predicted molar refractivity (Wildman–Crippen MR) is 96.1 cm³/mol. The molecular formula is C19H22O12. The highest BCUT2D eigenvalue weighted by molar-refractivity contribution is 5.86. The number of hydrogen-bond donors (Lipinski definition) is 0. The maximum Gasteiger partial charge on any atom is 0.376 e. The molecule has 12 nitrogen and oxygen atoms in total. The second-order valence-corrected chi connectivity index (χ2v) is 6.45. The molecule has 0 aliphatic carbocycles. The molecule has 2 rings (SSSR count). The van der Waals surface area contributed by atoms with E-state index in [1.807, 2.05) is 0 Å². The summed E-state index contributed by atoms with van der Waals surface area (Å²) in [6.45, 7) is 3.95. The van der Waals surface area contributed by atoms with E-state index in [2.05, 4.69) is 0 Å². The third kappa shape index (κ3) is 6.81. The van der Waals surface area contributed by atoms with Crippen LogP contribution in [0.25, 0.3) is 0 Å². The molecular weight excluding hydrogens is 420 g/mol. The lowest BCUT2D eigenvalue weighted by atomic mass is 9.98. The number of carbonyl (C=O) groups is 5. The minimum atomic E-state index is -1.61. The van der Waals surface area contributed by atoms with E-state index in [4.69, 9.17) is 32.8 Å². The van der Waals surface area contributed by atoms with Crippen molar-refractivity contribution >= 4 is 29.8 Å². The van der Waals surface area contributed by atoms with Gasteiger partial charge in [0.2, 0.25) is 18.2 Å². The normalized spacial score (nSPS) is 25.1. The van der Waals surface area contributed by atoms with E-state index in [9.17, 15) is 24.0 Å². The molecule has 0 amide bonds. The molecule has 2 heterocycles. The summed E-state index contributed by atoms with van der Waals surface area (Å²) in [4.78, 5) is 58.6. The van der Waals surface area contributed by atoms with Crippen molar-refractivity contribution in [2.45, 2.75) is 58.4 Å². The second-order valence-electron chi connectivity index (χ2n) is 6.45. The van der Waals surface area contributed by atoms with Crippen LogP contribution < -0.4 is 0 Å². The Bertz CT molecular complexity index is 814. The maximum absolute atomic E-state index is 12.4. The quantitative estimate of drug-likeness (QED) is 0.427. The minimum absolute atomic E-state index is 0.173. The van der Waals surface area contributed by atoms with Crippen molar-refractivity contribution in [1.29, 1.82) is 0 Å². The first kappa shape index (κ1) is 23.9. The van der Waals surface area contributed by atoms with Gasteiger partial charge in [-0.1, -0.05) is 0 Å². The van der Waals surface area contributed by atoms with E-state index in [0.717, 1.165) is 27.7 Å². The lowest BCUT2D eigenvalue weighted by molar-refractivity contribution is -0.295. The average molecular weight is 442 g/mol. The first-order valence-corrected chi connectivity index (χ1v) is 9.13. The highest BCUT2D eigenvalue weighted by Crippen LogP contribution is 2.30. The van der Waals surface area contributed by atoms with Gasteiger partial charge in [0.25, 0.3) is 0 Å². The zero-order valence-electron chi connectivity index (χ0n) is 17.2. The van der Waals surface area contributed by atoms with Crippen molar-refractivity contribution in [3.8, 4) is 0 Å². The number of carbonyl (C=O) groups excluding carboxylic acids is 5. The molecule has 12 heteroatoms. The molecule has 0 saturated carbocycles. The summed E-state index contributed by atoms with van der Waals surface area (Å²) < 4.78 is 36.4. The van der Waals surface area contributed by atoms with Crippen LogP contribution in [0.1, 0.15) is 38.2 Å². The lowest BCUT2D eigenvalue weighted by Gasteiger charge is -2.43. The van der Waals surface area contributed by atoms with Gasteiger partial charge in [-0.25, -0.2) is 4.79 Å². The van der Waals surface area contributed by atoms with E-state index in [1.165, 1.54) is 18.4 Å². The summed E-state index contributed by atoms with van der Waals surface area (Å²) in [5.74, 6) is -4.20. The third-order valence-electron chi connectivity index (χ3n) is 3.89. The highest BCUT2D eigenvalue weighted by atomic mass is 16.7. The maximum atomic E-state index is 12.4. The van der Waals surface area contributed by atoms with Crippen molar-refractivity contribution in [3.05, 3.63) is 24.2 Å². The molecule has 0 spiro atoms. The highest BCUT2D eigenvalue weighted by Gasteiger charge is 2.53. The van der Waals surface area contributed by atoms with Crippen molar-refractivity contribution < 1.29 is 56.8 Å². The van der Waals surface area contributed by atoms with Gasteiger partial charge < -0.3 is 32.8 Å². The average Bonchev–Trinajstić information content (AvgIpc) is 3.18. The van der Waals surface area contributed by atoms with Gasteiger partial charge in [0.05, 0.1) is 6.26 Å². The predicted octanol–water partition coefficient (Wildman–Crippen LogP) is 0.519. The molecule has 0 bridgehead atoms. The monoisotopic (exact) mass is 442 g/mol. The number of furan rings is 1. The molecule has 1 aromatic rings. The first-order chi connectivity index (χ1) is 14.6. The van der Waals surface area contributed by atoms with Gasteiger partial charge in [-0.05, 0) is 12.1 Å². The fourth-order valence-electron chi connectivity index (χ4n) is 2.84. The summed E-state index contributed by atoms with van der Waals surface area (Å²) in [5.41, 5.74) is 0. The number of hydrogen-bond acceptors (Lipinski definition) is 12. The standard InChI is InChI=1S/C19H22O12/c1-9(20)26-8-14-15(27-10(2)21)16(28-11(3)22)17(29-12(4)23)19(30-14)31-18(24)13-6-5-7-25-13/h5-7,14-17,19H,8H2,1-4H3/t14-,15+,16-,17-,19-/m0/s1. The summed E-state index contributed by atoms with van der Waals surface area (Å²) in [5, 5.41) is 0. The number of esters is 5. The van der Waals surface area contributed by atoms with Crippen LogP contribution in [0.4, 0.5) is 0 Å². The summed E-state index contributed by atoms with van der Waals surface area (Å²) in [6, 6.07) is 2.78. The van der Waals surface area contributed by atoms with Gasteiger partial charge in [-0.3, -0.25) is 19.2 Å².